The second-order valence-corrected chi connectivity index (χ2v) is 6.50. The minimum atomic E-state index is -0.269. The summed E-state index contributed by atoms with van der Waals surface area (Å²) in [5.74, 6) is 0.449. The number of aryl methyl sites for hydroxylation is 2. The first kappa shape index (κ1) is 18.5. The maximum atomic E-state index is 12.5. The highest BCUT2D eigenvalue weighted by Gasteiger charge is 2.10. The quantitative estimate of drug-likeness (QED) is 0.751. The monoisotopic (exact) mass is 362 g/mol. The molecule has 0 saturated heterocycles. The van der Waals surface area contributed by atoms with Crippen LogP contribution in [0.1, 0.15) is 27.0 Å². The molecule has 0 spiro atoms. The molecular formula is C22H22N2O3. The lowest BCUT2D eigenvalue weighted by molar-refractivity contribution is 0.102. The molecular weight excluding hydrogens is 340 g/mol. The van der Waals surface area contributed by atoms with Gasteiger partial charge in [-0.05, 0) is 55.3 Å². The number of pyridine rings is 1. The average Bonchev–Trinajstić information content (AvgIpc) is 2.67. The van der Waals surface area contributed by atoms with Crippen LogP contribution in [0, 0.1) is 13.8 Å². The van der Waals surface area contributed by atoms with Crippen LogP contribution in [0.4, 0.5) is 5.69 Å². The molecule has 27 heavy (non-hydrogen) atoms. The molecule has 138 valence electrons. The number of hydrogen-bond acceptors (Lipinski definition) is 3. The summed E-state index contributed by atoms with van der Waals surface area (Å²) >= 11 is 0. The van der Waals surface area contributed by atoms with Crippen LogP contribution in [0.5, 0.6) is 5.75 Å². The third kappa shape index (κ3) is 4.44. The number of ether oxygens (including phenoxy) is 1. The molecule has 0 aliphatic carbocycles. The summed E-state index contributed by atoms with van der Waals surface area (Å²) in [6.45, 7) is 4.46. The Kier molecular flexibility index (Phi) is 5.41. The van der Waals surface area contributed by atoms with Crippen molar-refractivity contribution in [2.24, 2.45) is 0 Å². The van der Waals surface area contributed by atoms with Crippen molar-refractivity contribution in [3.05, 3.63) is 93.4 Å². The lowest BCUT2D eigenvalue weighted by Gasteiger charge is -2.12. The van der Waals surface area contributed by atoms with Gasteiger partial charge < -0.3 is 14.6 Å². The Morgan fingerprint density at radius 1 is 1.04 bits per heavy atom. The Morgan fingerprint density at radius 2 is 1.78 bits per heavy atom. The summed E-state index contributed by atoms with van der Waals surface area (Å²) in [5, 5.41) is 2.83. The summed E-state index contributed by atoms with van der Waals surface area (Å²) in [6.07, 6.45) is 1.60. The fourth-order valence-corrected chi connectivity index (χ4v) is 2.82. The van der Waals surface area contributed by atoms with Crippen LogP contribution >= 0.6 is 0 Å². The number of carbonyl (C=O) groups excluding carboxylic acids is 1. The molecule has 3 rings (SSSR count). The molecule has 0 aliphatic heterocycles. The summed E-state index contributed by atoms with van der Waals surface area (Å²) in [5.41, 5.74) is 4.25. The Labute approximate surface area is 158 Å². The molecule has 1 amide bonds. The van der Waals surface area contributed by atoms with E-state index in [1.807, 2.05) is 26.0 Å². The standard InChI is InChI=1S/C22H22N2O3/c1-15-4-5-16(2)18(12-15)14-24-13-17(6-11-21(24)25)22(26)23-19-7-9-20(27-3)10-8-19/h4-13H,14H2,1-3H3,(H,23,26). The van der Waals surface area contributed by atoms with E-state index in [0.29, 0.717) is 17.8 Å². The molecule has 5 nitrogen and oxygen atoms in total. The fraction of sp³-hybridized carbons (Fsp3) is 0.182. The highest BCUT2D eigenvalue weighted by atomic mass is 16.5. The highest BCUT2D eigenvalue weighted by Crippen LogP contribution is 2.16. The number of nitrogens with zero attached hydrogens (tertiary/aromatic N) is 1. The van der Waals surface area contributed by atoms with E-state index in [9.17, 15) is 9.59 Å². The lowest BCUT2D eigenvalue weighted by Crippen LogP contribution is -2.23. The molecule has 0 unspecified atom stereocenters. The molecule has 0 radical (unpaired) electrons. The Morgan fingerprint density at radius 3 is 2.48 bits per heavy atom. The zero-order chi connectivity index (χ0) is 19.4. The van der Waals surface area contributed by atoms with Gasteiger partial charge in [0.25, 0.3) is 11.5 Å². The van der Waals surface area contributed by atoms with Crippen LogP contribution in [0.3, 0.4) is 0 Å². The van der Waals surface area contributed by atoms with Crippen LogP contribution in [0.25, 0.3) is 0 Å². The van der Waals surface area contributed by atoms with Crippen molar-refractivity contribution in [2.75, 3.05) is 12.4 Å². The maximum absolute atomic E-state index is 12.5. The van der Waals surface area contributed by atoms with Crippen molar-refractivity contribution in [3.8, 4) is 5.75 Å². The van der Waals surface area contributed by atoms with E-state index < -0.39 is 0 Å². The van der Waals surface area contributed by atoms with Crippen LogP contribution in [-0.4, -0.2) is 17.6 Å². The molecule has 5 heteroatoms. The predicted octanol–water partition coefficient (Wildman–Crippen LogP) is 3.77. The molecule has 0 aliphatic rings. The van der Waals surface area contributed by atoms with Crippen molar-refractivity contribution < 1.29 is 9.53 Å². The van der Waals surface area contributed by atoms with Gasteiger partial charge in [0, 0.05) is 18.0 Å². The first-order valence-electron chi connectivity index (χ1n) is 8.68. The topological polar surface area (TPSA) is 60.3 Å². The van der Waals surface area contributed by atoms with Gasteiger partial charge in [-0.15, -0.1) is 0 Å². The van der Waals surface area contributed by atoms with Crippen LogP contribution in [-0.2, 0) is 6.54 Å². The molecule has 0 bridgehead atoms. The van der Waals surface area contributed by atoms with Crippen LogP contribution in [0.15, 0.2) is 65.6 Å². The smallest absolute Gasteiger partial charge is 0.257 e. The van der Waals surface area contributed by atoms with Gasteiger partial charge in [-0.1, -0.05) is 23.8 Å². The van der Waals surface area contributed by atoms with Crippen LogP contribution < -0.4 is 15.6 Å². The second-order valence-electron chi connectivity index (χ2n) is 6.50. The van der Waals surface area contributed by atoms with Gasteiger partial charge in [0.15, 0.2) is 0 Å². The zero-order valence-electron chi connectivity index (χ0n) is 15.7. The van der Waals surface area contributed by atoms with Gasteiger partial charge in [0.2, 0.25) is 0 Å². The third-order valence-electron chi connectivity index (χ3n) is 4.44. The van der Waals surface area contributed by atoms with E-state index in [0.717, 1.165) is 22.4 Å². The molecule has 0 saturated carbocycles. The van der Waals surface area contributed by atoms with Gasteiger partial charge in [0.05, 0.1) is 19.2 Å². The average molecular weight is 362 g/mol. The number of benzene rings is 2. The highest BCUT2D eigenvalue weighted by molar-refractivity contribution is 6.04. The van der Waals surface area contributed by atoms with Crippen LogP contribution in [0.2, 0.25) is 0 Å². The fourth-order valence-electron chi connectivity index (χ4n) is 2.82. The van der Waals surface area contributed by atoms with E-state index in [-0.39, 0.29) is 11.5 Å². The van der Waals surface area contributed by atoms with E-state index in [1.54, 1.807) is 48.2 Å². The van der Waals surface area contributed by atoms with Gasteiger partial charge >= 0.3 is 0 Å². The number of nitrogens with one attached hydrogen (secondary N) is 1. The molecule has 0 fully saturated rings. The molecule has 1 aromatic heterocycles. The lowest BCUT2D eigenvalue weighted by atomic mass is 10.1. The normalized spacial score (nSPS) is 10.5. The van der Waals surface area contributed by atoms with E-state index in [4.69, 9.17) is 4.74 Å². The largest absolute Gasteiger partial charge is 0.497 e. The Bertz CT molecular complexity index is 1020. The maximum Gasteiger partial charge on any atom is 0.257 e. The first-order valence-corrected chi connectivity index (χ1v) is 8.68. The number of amides is 1. The summed E-state index contributed by atoms with van der Waals surface area (Å²) in [6, 6.07) is 16.2. The number of hydrogen-bond donors (Lipinski definition) is 1. The number of rotatable bonds is 5. The van der Waals surface area contributed by atoms with E-state index >= 15 is 0 Å². The molecule has 1 heterocycles. The van der Waals surface area contributed by atoms with Gasteiger partial charge in [-0.25, -0.2) is 0 Å². The first-order chi connectivity index (χ1) is 13.0. The minimum absolute atomic E-state index is 0.142. The molecule has 0 atom stereocenters. The number of anilines is 1. The number of methoxy groups -OCH3 is 1. The van der Waals surface area contributed by atoms with Crippen molar-refractivity contribution in [2.45, 2.75) is 20.4 Å². The van der Waals surface area contributed by atoms with Gasteiger partial charge in [-0.2, -0.15) is 0 Å². The molecule has 2 aromatic carbocycles. The minimum Gasteiger partial charge on any atom is -0.497 e. The third-order valence-corrected chi connectivity index (χ3v) is 4.44. The predicted molar refractivity (Wildman–Crippen MR) is 107 cm³/mol. The van der Waals surface area contributed by atoms with Gasteiger partial charge in [-0.3, -0.25) is 9.59 Å². The SMILES string of the molecule is COc1ccc(NC(=O)c2ccc(=O)n(Cc3cc(C)ccc3C)c2)cc1. The number of carbonyl (C=O) groups is 1. The van der Waals surface area contributed by atoms with E-state index in [2.05, 4.69) is 11.4 Å². The van der Waals surface area contributed by atoms with Crippen molar-refractivity contribution in [1.82, 2.24) is 4.57 Å². The van der Waals surface area contributed by atoms with E-state index in [1.165, 1.54) is 6.07 Å². The van der Waals surface area contributed by atoms with Crippen molar-refractivity contribution >= 4 is 11.6 Å². The van der Waals surface area contributed by atoms with Crippen molar-refractivity contribution in [1.29, 1.82) is 0 Å². The second kappa shape index (κ2) is 7.91. The number of aromatic nitrogens is 1. The Hall–Kier alpha value is -3.34. The Balaban J connectivity index is 1.82. The van der Waals surface area contributed by atoms with Crippen molar-refractivity contribution in [3.63, 3.8) is 0 Å². The molecule has 3 aromatic rings. The summed E-state index contributed by atoms with van der Waals surface area (Å²) < 4.78 is 6.67. The summed E-state index contributed by atoms with van der Waals surface area (Å²) in [4.78, 5) is 24.8. The summed E-state index contributed by atoms with van der Waals surface area (Å²) in [7, 11) is 1.59. The molecule has 1 N–H and O–H groups in total. The zero-order valence-corrected chi connectivity index (χ0v) is 15.7. The van der Waals surface area contributed by atoms with Gasteiger partial charge in [0.1, 0.15) is 5.75 Å².